The van der Waals surface area contributed by atoms with Crippen LogP contribution in [0.4, 0.5) is 0 Å². The van der Waals surface area contributed by atoms with Crippen molar-refractivity contribution in [2.45, 2.75) is 0 Å². The molecule has 4 aromatic heterocycles. The van der Waals surface area contributed by atoms with Crippen LogP contribution in [0, 0.1) is 0 Å². The van der Waals surface area contributed by atoms with Gasteiger partial charge < -0.3 is 9.13 Å². The van der Waals surface area contributed by atoms with E-state index < -0.39 is 0 Å². The molecular weight excluding hydrogens is 767 g/mol. The average molecular weight is 801 g/mol. The minimum Gasteiger partial charge on any atom is -0.309 e. The molecule has 0 unspecified atom stereocenters. The molecule has 0 amide bonds. The van der Waals surface area contributed by atoms with E-state index in [1.807, 2.05) is 0 Å². The zero-order chi connectivity index (χ0) is 40.9. The molecule has 6 heterocycles. The Morgan fingerprint density at radius 2 is 0.698 bits per heavy atom. The van der Waals surface area contributed by atoms with E-state index in [9.17, 15) is 0 Å². The number of imidazole rings is 2. The van der Waals surface area contributed by atoms with Gasteiger partial charge in [-0.3, -0.25) is 9.13 Å². The third-order valence-corrected chi connectivity index (χ3v) is 13.7. The van der Waals surface area contributed by atoms with Crippen LogP contribution in [0.25, 0.3) is 111 Å². The largest absolute Gasteiger partial charge is 0.309 e. The monoisotopic (exact) mass is 800 g/mol. The molecule has 0 bridgehead atoms. The van der Waals surface area contributed by atoms with Gasteiger partial charge >= 0.3 is 0 Å². The summed E-state index contributed by atoms with van der Waals surface area (Å²) in [4.78, 5) is 11.2. The number of rotatable bonds is 4. The maximum absolute atomic E-state index is 5.61. The van der Waals surface area contributed by atoms with Gasteiger partial charge in [0.15, 0.2) is 0 Å². The maximum Gasteiger partial charge on any atom is 0.252 e. The first kappa shape index (κ1) is 33.3. The molecule has 7 heteroatoms. The molecule has 2 aliphatic heterocycles. The van der Waals surface area contributed by atoms with Gasteiger partial charge in [-0.1, -0.05) is 140 Å². The van der Waals surface area contributed by atoms with Crippen molar-refractivity contribution in [3.05, 3.63) is 200 Å². The van der Waals surface area contributed by atoms with Crippen LogP contribution in [0.3, 0.4) is 0 Å². The number of fused-ring (bicyclic) bond motifs is 10. The van der Waals surface area contributed by atoms with Crippen molar-refractivity contribution >= 4 is 88.8 Å². The van der Waals surface area contributed by atoms with Crippen molar-refractivity contribution in [3.8, 4) is 45.5 Å². The molecule has 6 nitrogen and oxygen atoms in total. The normalized spacial score (nSPS) is 12.7. The highest BCUT2D eigenvalue weighted by atomic mass is 15.1. The van der Waals surface area contributed by atoms with E-state index in [4.69, 9.17) is 9.97 Å². The predicted molar refractivity (Wildman–Crippen MR) is 260 cm³/mol. The molecule has 0 saturated carbocycles. The first-order valence-corrected chi connectivity index (χ1v) is 21.6. The summed E-state index contributed by atoms with van der Waals surface area (Å²) in [6.45, 7) is -0.122. The van der Waals surface area contributed by atoms with Crippen LogP contribution in [-0.2, 0) is 0 Å². The number of hydrogen-bond donors (Lipinski definition) is 0. The second-order valence-electron chi connectivity index (χ2n) is 17.0. The molecule has 13 aromatic rings. The first-order chi connectivity index (χ1) is 31.3. The van der Waals surface area contributed by atoms with Crippen molar-refractivity contribution in [1.29, 1.82) is 0 Å². The molecule has 0 saturated heterocycles. The Balaban J connectivity index is 1.11. The summed E-state index contributed by atoms with van der Waals surface area (Å²) in [6.07, 6.45) is 0. The van der Waals surface area contributed by atoms with Gasteiger partial charge in [-0.05, 0) is 77.1 Å². The lowest BCUT2D eigenvalue weighted by atomic mass is 9.34. The topological polar surface area (TPSA) is 45.5 Å². The summed E-state index contributed by atoms with van der Waals surface area (Å²) >= 11 is 0. The number of benzene rings is 9. The van der Waals surface area contributed by atoms with E-state index in [1.165, 1.54) is 60.0 Å². The third-order valence-electron chi connectivity index (χ3n) is 13.7. The van der Waals surface area contributed by atoms with Gasteiger partial charge in [0.05, 0.1) is 44.1 Å². The van der Waals surface area contributed by atoms with Crippen molar-refractivity contribution in [2.75, 3.05) is 0 Å². The van der Waals surface area contributed by atoms with Crippen molar-refractivity contribution in [1.82, 2.24) is 28.2 Å². The van der Waals surface area contributed by atoms with Crippen LogP contribution < -0.4 is 16.4 Å². The van der Waals surface area contributed by atoms with Gasteiger partial charge in [0.1, 0.15) is 11.6 Å². The Bertz CT molecular complexity index is 3730. The number of hydrogen-bond acceptors (Lipinski definition) is 2. The molecule has 0 N–H and O–H groups in total. The highest BCUT2D eigenvalue weighted by Gasteiger charge is 2.42. The van der Waals surface area contributed by atoms with E-state index in [0.29, 0.717) is 0 Å². The van der Waals surface area contributed by atoms with E-state index in [1.54, 1.807) is 0 Å². The fourth-order valence-electron chi connectivity index (χ4n) is 11.3. The quantitative estimate of drug-likeness (QED) is 0.166. The lowest BCUT2D eigenvalue weighted by Crippen LogP contribution is -2.59. The van der Waals surface area contributed by atoms with Crippen molar-refractivity contribution < 1.29 is 0 Å². The third kappa shape index (κ3) is 4.32. The van der Waals surface area contributed by atoms with Crippen LogP contribution in [0.2, 0.25) is 0 Å². The summed E-state index contributed by atoms with van der Waals surface area (Å²) in [7, 11) is 0. The van der Waals surface area contributed by atoms with Crippen molar-refractivity contribution in [3.63, 3.8) is 0 Å². The molecule has 0 aliphatic carbocycles. The number of aromatic nitrogens is 6. The zero-order valence-corrected chi connectivity index (χ0v) is 33.8. The van der Waals surface area contributed by atoms with E-state index in [2.05, 4.69) is 218 Å². The Hall–Kier alpha value is -8.42. The van der Waals surface area contributed by atoms with Gasteiger partial charge in [-0.2, -0.15) is 0 Å². The lowest BCUT2D eigenvalue weighted by molar-refractivity contribution is 1.07. The minimum atomic E-state index is -0.122. The molecule has 2 aliphatic rings. The molecule has 0 atom stereocenters. The molecule has 0 radical (unpaired) electrons. The fraction of sp³-hybridized carbons (Fsp3) is 0. The van der Waals surface area contributed by atoms with Gasteiger partial charge in [0.2, 0.25) is 0 Å². The molecule has 63 heavy (non-hydrogen) atoms. The number of nitrogens with zero attached hydrogens (tertiary/aromatic N) is 6. The first-order valence-electron chi connectivity index (χ1n) is 21.6. The molecule has 290 valence electrons. The summed E-state index contributed by atoms with van der Waals surface area (Å²) in [6, 6.07) is 72.8. The van der Waals surface area contributed by atoms with Crippen LogP contribution >= 0.6 is 0 Å². The smallest absolute Gasteiger partial charge is 0.252 e. The van der Waals surface area contributed by atoms with Crippen molar-refractivity contribution in [2.24, 2.45) is 0 Å². The van der Waals surface area contributed by atoms with Crippen LogP contribution in [-0.4, -0.2) is 34.9 Å². The van der Waals surface area contributed by atoms with Crippen LogP contribution in [0.1, 0.15) is 0 Å². The summed E-state index contributed by atoms with van der Waals surface area (Å²) in [5.41, 5.74) is 19.3. The summed E-state index contributed by atoms with van der Waals surface area (Å²) < 4.78 is 9.74. The highest BCUT2D eigenvalue weighted by Crippen LogP contribution is 2.40. The maximum atomic E-state index is 5.61. The molecule has 0 fully saturated rings. The second-order valence-corrected chi connectivity index (χ2v) is 17.0. The van der Waals surface area contributed by atoms with Gasteiger partial charge in [-0.15, -0.1) is 0 Å². The van der Waals surface area contributed by atoms with E-state index >= 15 is 0 Å². The van der Waals surface area contributed by atoms with Crippen LogP contribution in [0.15, 0.2) is 200 Å². The highest BCUT2D eigenvalue weighted by molar-refractivity contribution is 7.00. The minimum absolute atomic E-state index is 0.122. The Labute approximate surface area is 361 Å². The van der Waals surface area contributed by atoms with Gasteiger partial charge in [0, 0.05) is 55.4 Å². The molecule has 15 rings (SSSR count). The summed E-state index contributed by atoms with van der Waals surface area (Å²) in [5.74, 6) is 1.86. The van der Waals surface area contributed by atoms with E-state index in [0.717, 1.165) is 67.6 Å². The van der Waals surface area contributed by atoms with Crippen LogP contribution in [0.5, 0.6) is 0 Å². The molecule has 0 spiro atoms. The standard InChI is InChI=1S/C56H33BN6/c1-3-16-34(17-4-1)55-58-44-32-36(60-46-24-11-7-20-38(46)39-21-8-12-25-47(39)60)30-42-53(44)62(55)50-28-15-29-51-52(50)57(42)43-31-37(33-45-54(43)63(51)56(59-45)35-18-5-2-6-19-35)61-48-26-13-9-22-40(48)41-23-10-14-27-49(41)61/h1-33H. The fourth-order valence-corrected chi connectivity index (χ4v) is 11.3. The Morgan fingerprint density at radius 3 is 1.10 bits per heavy atom. The Kier molecular flexibility index (Phi) is 6.41. The summed E-state index contributed by atoms with van der Waals surface area (Å²) in [5, 5.41) is 4.95. The molecule has 9 aromatic carbocycles. The van der Waals surface area contributed by atoms with Gasteiger partial charge in [-0.25, -0.2) is 9.97 Å². The zero-order valence-electron chi connectivity index (χ0n) is 33.8. The predicted octanol–water partition coefficient (Wildman–Crippen LogP) is 11.0. The SMILES string of the molecule is c1ccc(-c2nc3cc(-n4c5ccccc5c5ccccc54)cc4c3n2-c2cccc3c2B4c2cc(-n4c5ccccc5c5ccccc54)cc4nc(-c5ccccc5)n-3c24)cc1. The lowest BCUT2D eigenvalue weighted by Gasteiger charge is -2.34. The average Bonchev–Trinajstić information content (AvgIpc) is 4.11. The number of para-hydroxylation sites is 4. The van der Waals surface area contributed by atoms with E-state index in [-0.39, 0.29) is 6.71 Å². The molecular formula is C56H33BN6. The van der Waals surface area contributed by atoms with Gasteiger partial charge in [0.25, 0.3) is 6.71 Å². The Morgan fingerprint density at radius 1 is 0.333 bits per heavy atom. The second kappa shape index (κ2) is 12.1.